The number of furan rings is 1. The van der Waals surface area contributed by atoms with E-state index in [-0.39, 0.29) is 0 Å². The second-order valence-electron chi connectivity index (χ2n) is 10.4. The molecule has 0 radical (unpaired) electrons. The van der Waals surface area contributed by atoms with Crippen molar-refractivity contribution in [2.45, 2.75) is 38.9 Å². The van der Waals surface area contributed by atoms with Gasteiger partial charge >= 0.3 is 7.12 Å². The monoisotopic (exact) mass is 444 g/mol. The number of fused-ring (bicyclic) bond motifs is 10. The van der Waals surface area contributed by atoms with Gasteiger partial charge in [0, 0.05) is 16.2 Å². The number of para-hydroxylation sites is 1. The van der Waals surface area contributed by atoms with Crippen LogP contribution in [0.5, 0.6) is 0 Å². The summed E-state index contributed by atoms with van der Waals surface area (Å²) in [6.07, 6.45) is 0. The van der Waals surface area contributed by atoms with Crippen molar-refractivity contribution >= 4 is 66.8 Å². The third-order valence-electron chi connectivity index (χ3n) is 7.90. The first-order chi connectivity index (χ1) is 16.4. The van der Waals surface area contributed by atoms with E-state index in [4.69, 9.17) is 13.7 Å². The lowest BCUT2D eigenvalue weighted by molar-refractivity contribution is 0.00578. The first kappa shape index (κ1) is 20.1. The summed E-state index contributed by atoms with van der Waals surface area (Å²) >= 11 is 0. The van der Waals surface area contributed by atoms with E-state index < -0.39 is 18.3 Å². The Morgan fingerprint density at radius 1 is 0.500 bits per heavy atom. The average Bonchev–Trinajstić information content (AvgIpc) is 3.31. The lowest BCUT2D eigenvalue weighted by Gasteiger charge is -2.32. The van der Waals surface area contributed by atoms with Gasteiger partial charge in [-0.25, -0.2) is 0 Å². The molecular formula is C30H25BO3. The van der Waals surface area contributed by atoms with Crippen LogP contribution < -0.4 is 5.46 Å². The lowest BCUT2D eigenvalue weighted by atomic mass is 9.74. The van der Waals surface area contributed by atoms with Crippen molar-refractivity contribution in [1.29, 1.82) is 0 Å². The second kappa shape index (κ2) is 6.62. The highest BCUT2D eigenvalue weighted by Gasteiger charge is 2.52. The van der Waals surface area contributed by atoms with Crippen LogP contribution in [0, 0.1) is 0 Å². The van der Waals surface area contributed by atoms with Gasteiger partial charge < -0.3 is 13.7 Å². The van der Waals surface area contributed by atoms with E-state index in [0.29, 0.717) is 0 Å². The summed E-state index contributed by atoms with van der Waals surface area (Å²) in [5, 5.41) is 9.58. The van der Waals surface area contributed by atoms with Crippen molar-refractivity contribution in [2.75, 3.05) is 0 Å². The summed E-state index contributed by atoms with van der Waals surface area (Å²) in [6, 6.07) is 27.8. The second-order valence-corrected chi connectivity index (χ2v) is 10.4. The molecule has 4 heteroatoms. The van der Waals surface area contributed by atoms with Crippen LogP contribution in [0.25, 0.3) is 54.3 Å². The molecule has 34 heavy (non-hydrogen) atoms. The summed E-state index contributed by atoms with van der Waals surface area (Å²) < 4.78 is 19.2. The van der Waals surface area contributed by atoms with Crippen LogP contribution in [0.3, 0.4) is 0 Å². The zero-order chi connectivity index (χ0) is 23.2. The van der Waals surface area contributed by atoms with Crippen LogP contribution in [0.2, 0.25) is 0 Å². The summed E-state index contributed by atoms with van der Waals surface area (Å²) in [5.41, 5.74) is 2.12. The van der Waals surface area contributed by atoms with Gasteiger partial charge in [-0.1, -0.05) is 60.7 Å². The molecule has 3 nitrogen and oxygen atoms in total. The van der Waals surface area contributed by atoms with Gasteiger partial charge in [-0.2, -0.15) is 0 Å². The van der Waals surface area contributed by atoms with Crippen LogP contribution in [-0.4, -0.2) is 18.3 Å². The molecule has 1 aliphatic rings. The van der Waals surface area contributed by atoms with E-state index >= 15 is 0 Å². The number of hydrogen-bond acceptors (Lipinski definition) is 3. The highest BCUT2D eigenvalue weighted by atomic mass is 16.7. The maximum Gasteiger partial charge on any atom is 0.495 e. The van der Waals surface area contributed by atoms with Crippen molar-refractivity contribution in [2.24, 2.45) is 0 Å². The Morgan fingerprint density at radius 2 is 1.06 bits per heavy atom. The van der Waals surface area contributed by atoms with Crippen molar-refractivity contribution in [3.63, 3.8) is 0 Å². The molecule has 0 aliphatic carbocycles. The Balaban J connectivity index is 1.65. The standard InChI is InChI=1S/C30H25BO3/c1-29(2)30(3,4)34-31(33-29)23-14-9-13-19-21-16-17-25-28(22-12-7-8-15-24(22)32-25)27(21)20-11-6-5-10-18(20)26(19)23/h5-17H,1-4H3. The maximum atomic E-state index is 6.50. The fourth-order valence-electron chi connectivity index (χ4n) is 5.50. The molecule has 0 N–H and O–H groups in total. The van der Waals surface area contributed by atoms with Crippen LogP contribution in [-0.2, 0) is 9.31 Å². The van der Waals surface area contributed by atoms with Gasteiger partial charge in [0.2, 0.25) is 0 Å². The first-order valence-corrected chi connectivity index (χ1v) is 11.9. The Morgan fingerprint density at radius 3 is 1.76 bits per heavy atom. The summed E-state index contributed by atoms with van der Waals surface area (Å²) in [6.45, 7) is 8.41. The van der Waals surface area contributed by atoms with E-state index in [2.05, 4.69) is 94.4 Å². The van der Waals surface area contributed by atoms with E-state index in [0.717, 1.165) is 22.0 Å². The minimum atomic E-state index is -0.423. The van der Waals surface area contributed by atoms with Crippen molar-refractivity contribution in [1.82, 2.24) is 0 Å². The minimum Gasteiger partial charge on any atom is -0.456 e. The maximum absolute atomic E-state index is 6.50. The molecule has 1 aromatic heterocycles. The van der Waals surface area contributed by atoms with E-state index in [9.17, 15) is 0 Å². The van der Waals surface area contributed by atoms with Crippen LogP contribution >= 0.6 is 0 Å². The summed E-state index contributed by atoms with van der Waals surface area (Å²) in [5.74, 6) is 0. The van der Waals surface area contributed by atoms with Gasteiger partial charge in [-0.3, -0.25) is 0 Å². The van der Waals surface area contributed by atoms with Crippen molar-refractivity contribution < 1.29 is 13.7 Å². The Labute approximate surface area is 198 Å². The number of rotatable bonds is 1. The predicted molar refractivity (Wildman–Crippen MR) is 142 cm³/mol. The van der Waals surface area contributed by atoms with Gasteiger partial charge in [0.25, 0.3) is 0 Å². The Hall–Kier alpha value is -3.34. The zero-order valence-corrected chi connectivity index (χ0v) is 19.8. The lowest BCUT2D eigenvalue weighted by Crippen LogP contribution is -2.41. The molecule has 0 atom stereocenters. The molecule has 1 saturated heterocycles. The molecule has 166 valence electrons. The smallest absolute Gasteiger partial charge is 0.456 e. The molecule has 0 amide bonds. The van der Waals surface area contributed by atoms with Crippen LogP contribution in [0.4, 0.5) is 0 Å². The van der Waals surface area contributed by atoms with Gasteiger partial charge in [0.1, 0.15) is 11.2 Å². The molecular weight excluding hydrogens is 419 g/mol. The summed E-state index contributed by atoms with van der Waals surface area (Å²) in [7, 11) is -0.423. The van der Waals surface area contributed by atoms with E-state index in [1.807, 2.05) is 12.1 Å². The predicted octanol–water partition coefficient (Wildman–Crippen LogP) is 7.34. The van der Waals surface area contributed by atoms with E-state index in [1.54, 1.807) is 0 Å². The fraction of sp³-hybridized carbons (Fsp3) is 0.200. The number of hydrogen-bond donors (Lipinski definition) is 0. The fourth-order valence-corrected chi connectivity index (χ4v) is 5.50. The highest BCUT2D eigenvalue weighted by molar-refractivity contribution is 6.66. The van der Waals surface area contributed by atoms with Gasteiger partial charge in [-0.05, 0) is 78.3 Å². The SMILES string of the molecule is CC1(C)OB(c2cccc3c4ccc5oc6ccccc6c5c4c4ccccc4c23)OC1(C)C. The first-order valence-electron chi connectivity index (χ1n) is 11.9. The van der Waals surface area contributed by atoms with E-state index in [1.165, 1.54) is 37.7 Å². The zero-order valence-electron chi connectivity index (χ0n) is 19.8. The van der Waals surface area contributed by atoms with Gasteiger partial charge in [-0.15, -0.1) is 0 Å². The quantitative estimate of drug-likeness (QED) is 0.196. The molecule has 6 aromatic rings. The molecule has 7 rings (SSSR count). The van der Waals surface area contributed by atoms with Crippen LogP contribution in [0.15, 0.2) is 83.3 Å². The van der Waals surface area contributed by atoms with Crippen molar-refractivity contribution in [3.8, 4) is 0 Å². The molecule has 0 unspecified atom stereocenters. The molecule has 2 heterocycles. The molecule has 5 aromatic carbocycles. The third kappa shape index (κ3) is 2.55. The van der Waals surface area contributed by atoms with Gasteiger partial charge in [0.15, 0.2) is 0 Å². The van der Waals surface area contributed by atoms with Crippen LogP contribution in [0.1, 0.15) is 27.7 Å². The topological polar surface area (TPSA) is 31.6 Å². The molecule has 1 aliphatic heterocycles. The van der Waals surface area contributed by atoms with Crippen molar-refractivity contribution in [3.05, 3.63) is 78.9 Å². The summed E-state index contributed by atoms with van der Waals surface area (Å²) in [4.78, 5) is 0. The molecule has 0 bridgehead atoms. The molecule has 1 fully saturated rings. The average molecular weight is 444 g/mol. The molecule has 0 spiro atoms. The minimum absolute atomic E-state index is 0.394. The Bertz CT molecular complexity index is 1730. The normalized spacial score (nSPS) is 17.6. The number of benzene rings is 5. The van der Waals surface area contributed by atoms with Gasteiger partial charge in [0.05, 0.1) is 11.2 Å². The third-order valence-corrected chi connectivity index (χ3v) is 7.90. The largest absolute Gasteiger partial charge is 0.495 e. The molecule has 0 saturated carbocycles. The highest BCUT2D eigenvalue weighted by Crippen LogP contribution is 2.43. The Kier molecular flexibility index (Phi) is 3.91.